The Morgan fingerprint density at radius 1 is 1.25 bits per heavy atom. The molecule has 3 atom stereocenters. The molecule has 0 bridgehead atoms. The van der Waals surface area contributed by atoms with Crippen LogP contribution in [-0.2, 0) is 5.41 Å². The summed E-state index contributed by atoms with van der Waals surface area (Å²) in [5.74, 6) is 1.98. The fourth-order valence-electron chi connectivity index (χ4n) is 3.40. The second kappa shape index (κ2) is 6.15. The molecule has 112 valence electrons. The molecule has 1 fully saturated rings. The molecule has 0 saturated heterocycles. The van der Waals surface area contributed by atoms with Gasteiger partial charge in [-0.25, -0.2) is 0 Å². The molecule has 0 aromatic heterocycles. The lowest BCUT2D eigenvalue weighted by Gasteiger charge is -2.42. The molecule has 1 nitrogen and oxygen atoms in total. The first-order valence-electron chi connectivity index (χ1n) is 7.34. The highest BCUT2D eigenvalue weighted by molar-refractivity contribution is 6.32. The van der Waals surface area contributed by atoms with Gasteiger partial charge in [0.05, 0.1) is 12.1 Å². The van der Waals surface area contributed by atoms with E-state index in [1.807, 2.05) is 6.07 Å². The smallest absolute Gasteiger partial charge is 0.137 e. The predicted molar refractivity (Wildman–Crippen MR) is 87.2 cm³/mol. The average molecular weight is 315 g/mol. The van der Waals surface area contributed by atoms with Crippen molar-refractivity contribution in [2.24, 2.45) is 11.8 Å². The highest BCUT2D eigenvalue weighted by Crippen LogP contribution is 2.45. The van der Waals surface area contributed by atoms with Gasteiger partial charge in [-0.2, -0.15) is 0 Å². The molecule has 0 aliphatic heterocycles. The fraction of sp³-hybridized carbons (Fsp3) is 0.647. The molecule has 0 amide bonds. The Balaban J connectivity index is 2.29. The van der Waals surface area contributed by atoms with Gasteiger partial charge in [-0.3, -0.25) is 0 Å². The third-order valence-electron chi connectivity index (χ3n) is 4.86. The van der Waals surface area contributed by atoms with Gasteiger partial charge >= 0.3 is 0 Å². The molecule has 1 aliphatic carbocycles. The monoisotopic (exact) mass is 314 g/mol. The molecule has 3 heteroatoms. The Bertz CT molecular complexity index is 470. The summed E-state index contributed by atoms with van der Waals surface area (Å²) in [5.41, 5.74) is 1.29. The van der Waals surface area contributed by atoms with E-state index in [1.165, 1.54) is 18.4 Å². The maximum Gasteiger partial charge on any atom is 0.137 e. The second-order valence-corrected chi connectivity index (χ2v) is 7.58. The summed E-state index contributed by atoms with van der Waals surface area (Å²) in [4.78, 5) is 0. The molecule has 3 unspecified atom stereocenters. The van der Waals surface area contributed by atoms with E-state index in [1.54, 1.807) is 7.11 Å². The molecule has 0 radical (unpaired) electrons. The van der Waals surface area contributed by atoms with Gasteiger partial charge in [0, 0.05) is 5.38 Å². The molecule has 1 aromatic carbocycles. The predicted octanol–water partition coefficient (Wildman–Crippen LogP) is 5.67. The molecule has 1 saturated carbocycles. The lowest BCUT2D eigenvalue weighted by Crippen LogP contribution is -2.38. The SMILES string of the molecule is COc1cc(C(C)(C)C2CCC(C)CC2Cl)ccc1Cl. The van der Waals surface area contributed by atoms with Crippen LogP contribution in [0, 0.1) is 11.8 Å². The molecule has 20 heavy (non-hydrogen) atoms. The topological polar surface area (TPSA) is 9.23 Å². The van der Waals surface area contributed by atoms with Crippen LogP contribution in [0.5, 0.6) is 5.75 Å². The maximum absolute atomic E-state index is 6.66. The van der Waals surface area contributed by atoms with E-state index in [2.05, 4.69) is 32.9 Å². The normalized spacial score (nSPS) is 27.4. The number of benzene rings is 1. The van der Waals surface area contributed by atoms with Crippen molar-refractivity contribution in [3.8, 4) is 5.75 Å². The summed E-state index contributed by atoms with van der Waals surface area (Å²) in [7, 11) is 1.66. The fourth-order valence-corrected chi connectivity index (χ4v) is 4.34. The summed E-state index contributed by atoms with van der Waals surface area (Å²) in [6.07, 6.45) is 3.57. The number of alkyl halides is 1. The summed E-state index contributed by atoms with van der Waals surface area (Å²) >= 11 is 12.8. The lowest BCUT2D eigenvalue weighted by atomic mass is 9.65. The van der Waals surface area contributed by atoms with E-state index in [9.17, 15) is 0 Å². The van der Waals surface area contributed by atoms with Gasteiger partial charge in [-0.05, 0) is 47.8 Å². The quantitative estimate of drug-likeness (QED) is 0.653. The standard InChI is InChI=1S/C17H24Cl2O/c1-11-5-7-13(15(19)9-11)17(2,3)12-6-8-14(18)16(10-12)20-4/h6,8,10-11,13,15H,5,7,9H2,1-4H3. The molecule has 0 spiro atoms. The van der Waals surface area contributed by atoms with Crippen LogP contribution in [-0.4, -0.2) is 12.5 Å². The van der Waals surface area contributed by atoms with E-state index in [4.69, 9.17) is 27.9 Å². The number of methoxy groups -OCH3 is 1. The molecule has 0 N–H and O–H groups in total. The van der Waals surface area contributed by atoms with Gasteiger partial charge in [0.15, 0.2) is 0 Å². The van der Waals surface area contributed by atoms with Crippen LogP contribution in [0.4, 0.5) is 0 Å². The Hall–Kier alpha value is -0.400. The van der Waals surface area contributed by atoms with E-state index in [-0.39, 0.29) is 10.8 Å². The number of hydrogen-bond donors (Lipinski definition) is 0. The largest absolute Gasteiger partial charge is 0.495 e. The van der Waals surface area contributed by atoms with Crippen LogP contribution < -0.4 is 4.74 Å². The minimum Gasteiger partial charge on any atom is -0.495 e. The lowest BCUT2D eigenvalue weighted by molar-refractivity contribution is 0.207. The van der Waals surface area contributed by atoms with Gasteiger partial charge in [0.1, 0.15) is 5.75 Å². The van der Waals surface area contributed by atoms with Crippen molar-refractivity contribution in [1.29, 1.82) is 0 Å². The first kappa shape index (κ1) is 16.0. The minimum atomic E-state index is 0.0322. The van der Waals surface area contributed by atoms with Gasteiger partial charge in [-0.1, -0.05) is 44.9 Å². The van der Waals surface area contributed by atoms with E-state index in [0.29, 0.717) is 10.9 Å². The third kappa shape index (κ3) is 3.09. The minimum absolute atomic E-state index is 0.0322. The van der Waals surface area contributed by atoms with Crippen molar-refractivity contribution in [3.05, 3.63) is 28.8 Å². The van der Waals surface area contributed by atoms with E-state index >= 15 is 0 Å². The summed E-state index contributed by atoms with van der Waals surface area (Å²) in [5, 5.41) is 0.905. The summed E-state index contributed by atoms with van der Waals surface area (Å²) < 4.78 is 5.35. The van der Waals surface area contributed by atoms with Crippen LogP contribution in [0.2, 0.25) is 5.02 Å². The molecular weight excluding hydrogens is 291 g/mol. The number of ether oxygens (including phenoxy) is 1. The number of hydrogen-bond acceptors (Lipinski definition) is 1. The van der Waals surface area contributed by atoms with Crippen LogP contribution >= 0.6 is 23.2 Å². The van der Waals surface area contributed by atoms with Gasteiger partial charge in [-0.15, -0.1) is 11.6 Å². The van der Waals surface area contributed by atoms with Gasteiger partial charge in [0.2, 0.25) is 0 Å². The second-order valence-electron chi connectivity index (χ2n) is 6.61. The Kier molecular flexibility index (Phi) is 4.92. The highest BCUT2D eigenvalue weighted by atomic mass is 35.5. The Morgan fingerprint density at radius 3 is 2.55 bits per heavy atom. The van der Waals surface area contributed by atoms with Crippen molar-refractivity contribution < 1.29 is 4.74 Å². The maximum atomic E-state index is 6.66. The first-order valence-corrected chi connectivity index (χ1v) is 8.15. The third-order valence-corrected chi connectivity index (χ3v) is 5.65. The van der Waals surface area contributed by atoms with Gasteiger partial charge in [0.25, 0.3) is 0 Å². The van der Waals surface area contributed by atoms with Crippen molar-refractivity contribution in [1.82, 2.24) is 0 Å². The molecule has 2 rings (SSSR count). The van der Waals surface area contributed by atoms with Crippen LogP contribution in [0.1, 0.15) is 45.6 Å². The zero-order valence-corrected chi connectivity index (χ0v) is 14.3. The average Bonchev–Trinajstić information content (AvgIpc) is 2.38. The first-order chi connectivity index (χ1) is 9.36. The van der Waals surface area contributed by atoms with E-state index in [0.717, 1.165) is 18.1 Å². The summed E-state index contributed by atoms with van der Waals surface area (Å²) in [6.45, 7) is 6.86. The summed E-state index contributed by atoms with van der Waals surface area (Å²) in [6, 6.07) is 6.09. The van der Waals surface area contributed by atoms with E-state index < -0.39 is 0 Å². The number of halogens is 2. The zero-order chi connectivity index (χ0) is 14.9. The van der Waals surface area contributed by atoms with Crippen molar-refractivity contribution >= 4 is 23.2 Å². The van der Waals surface area contributed by atoms with Crippen LogP contribution in [0.25, 0.3) is 0 Å². The molecule has 1 aromatic rings. The molecular formula is C17H24Cl2O. The highest BCUT2D eigenvalue weighted by Gasteiger charge is 2.39. The van der Waals surface area contributed by atoms with Crippen LogP contribution in [0.3, 0.4) is 0 Å². The van der Waals surface area contributed by atoms with Gasteiger partial charge < -0.3 is 4.74 Å². The van der Waals surface area contributed by atoms with Crippen LogP contribution in [0.15, 0.2) is 18.2 Å². The number of rotatable bonds is 3. The van der Waals surface area contributed by atoms with Crippen molar-refractivity contribution in [2.75, 3.05) is 7.11 Å². The Morgan fingerprint density at radius 2 is 1.95 bits per heavy atom. The van der Waals surface area contributed by atoms with Crippen molar-refractivity contribution in [2.45, 2.75) is 50.8 Å². The van der Waals surface area contributed by atoms with Crippen molar-refractivity contribution in [3.63, 3.8) is 0 Å². The molecule has 1 aliphatic rings. The zero-order valence-electron chi connectivity index (χ0n) is 12.7. The molecule has 0 heterocycles. The Labute approximate surface area is 132 Å².